The van der Waals surface area contributed by atoms with Gasteiger partial charge in [-0.05, 0) is 18.9 Å². The number of nitrogens with zero attached hydrogens (tertiary/aromatic N) is 1. The average Bonchev–Trinajstić information content (AvgIpc) is 2.40. The molecule has 1 aromatic rings. The Hall–Kier alpha value is -0.900. The maximum absolute atomic E-state index is 5.61. The number of aromatic nitrogens is 1. The Morgan fingerprint density at radius 2 is 2.18 bits per heavy atom. The summed E-state index contributed by atoms with van der Waals surface area (Å²) in [5, 5.41) is 4.03. The smallest absolute Gasteiger partial charge is 0.168 e. The molecule has 0 amide bonds. The standard InChI is InChI=1S/C13H18N2OS/c1-2-4-10(5-3-1)17-11-8-12-13(15-9-11)14-6-7-16-12/h8-10H,1-7H2,(H,14,15). The number of hydrogen-bond donors (Lipinski definition) is 1. The number of nitrogens with one attached hydrogen (secondary N) is 1. The molecular formula is C13H18N2OS. The van der Waals surface area contributed by atoms with Crippen LogP contribution in [0.1, 0.15) is 32.1 Å². The van der Waals surface area contributed by atoms with Crippen molar-refractivity contribution in [3.8, 4) is 5.75 Å². The van der Waals surface area contributed by atoms with Gasteiger partial charge in [0.1, 0.15) is 6.61 Å². The molecule has 0 bridgehead atoms. The lowest BCUT2D eigenvalue weighted by Gasteiger charge is -2.22. The van der Waals surface area contributed by atoms with Gasteiger partial charge in [0.2, 0.25) is 0 Å². The minimum absolute atomic E-state index is 0.742. The molecule has 1 aliphatic heterocycles. The third kappa shape index (κ3) is 2.68. The van der Waals surface area contributed by atoms with Gasteiger partial charge < -0.3 is 10.1 Å². The Morgan fingerprint density at radius 3 is 3.06 bits per heavy atom. The zero-order valence-corrected chi connectivity index (χ0v) is 10.8. The molecule has 2 heterocycles. The molecule has 1 fully saturated rings. The summed E-state index contributed by atoms with van der Waals surface area (Å²) in [6, 6.07) is 2.13. The molecule has 0 radical (unpaired) electrons. The third-order valence-electron chi connectivity index (χ3n) is 3.33. The summed E-state index contributed by atoms with van der Waals surface area (Å²) < 4.78 is 5.61. The van der Waals surface area contributed by atoms with E-state index in [2.05, 4.69) is 16.4 Å². The van der Waals surface area contributed by atoms with E-state index in [1.54, 1.807) is 0 Å². The summed E-state index contributed by atoms with van der Waals surface area (Å²) in [5.41, 5.74) is 0. The molecule has 3 nitrogen and oxygen atoms in total. The van der Waals surface area contributed by atoms with E-state index in [0.29, 0.717) is 0 Å². The first-order valence-electron chi connectivity index (χ1n) is 6.45. The van der Waals surface area contributed by atoms with Crippen LogP contribution in [0.2, 0.25) is 0 Å². The van der Waals surface area contributed by atoms with Crippen LogP contribution in [0, 0.1) is 0 Å². The molecule has 0 atom stereocenters. The summed E-state index contributed by atoms with van der Waals surface area (Å²) in [5.74, 6) is 1.81. The summed E-state index contributed by atoms with van der Waals surface area (Å²) in [6.45, 7) is 1.60. The van der Waals surface area contributed by atoms with E-state index in [4.69, 9.17) is 4.74 Å². The lowest BCUT2D eigenvalue weighted by atomic mass is 10.0. The number of rotatable bonds is 2. The van der Waals surface area contributed by atoms with Crippen LogP contribution in [0.5, 0.6) is 5.75 Å². The Balaban J connectivity index is 1.70. The largest absolute Gasteiger partial charge is 0.488 e. The molecule has 0 aromatic carbocycles. The first kappa shape index (κ1) is 11.2. The second-order valence-electron chi connectivity index (χ2n) is 4.67. The van der Waals surface area contributed by atoms with Gasteiger partial charge in [-0.15, -0.1) is 11.8 Å². The van der Waals surface area contributed by atoms with Gasteiger partial charge in [0, 0.05) is 16.3 Å². The van der Waals surface area contributed by atoms with Crippen molar-refractivity contribution in [2.24, 2.45) is 0 Å². The number of hydrogen-bond acceptors (Lipinski definition) is 4. The molecule has 1 saturated carbocycles. The fourth-order valence-corrected chi connectivity index (χ4v) is 3.68. The molecule has 92 valence electrons. The lowest BCUT2D eigenvalue weighted by Crippen LogP contribution is -2.19. The predicted octanol–water partition coefficient (Wildman–Crippen LogP) is 3.31. The summed E-state index contributed by atoms with van der Waals surface area (Å²) >= 11 is 1.97. The predicted molar refractivity (Wildman–Crippen MR) is 71.0 cm³/mol. The van der Waals surface area contributed by atoms with Gasteiger partial charge >= 0.3 is 0 Å². The highest BCUT2D eigenvalue weighted by molar-refractivity contribution is 8.00. The molecule has 3 rings (SSSR count). The summed E-state index contributed by atoms with van der Waals surface area (Å²) in [6.07, 6.45) is 8.84. The van der Waals surface area contributed by atoms with Crippen LogP contribution < -0.4 is 10.1 Å². The van der Waals surface area contributed by atoms with E-state index in [-0.39, 0.29) is 0 Å². The Labute approximate surface area is 106 Å². The minimum Gasteiger partial charge on any atom is -0.488 e. The van der Waals surface area contributed by atoms with E-state index < -0.39 is 0 Å². The van der Waals surface area contributed by atoms with E-state index in [1.807, 2.05) is 18.0 Å². The highest BCUT2D eigenvalue weighted by atomic mass is 32.2. The molecular weight excluding hydrogens is 232 g/mol. The van der Waals surface area contributed by atoms with Gasteiger partial charge in [-0.3, -0.25) is 0 Å². The van der Waals surface area contributed by atoms with Crippen LogP contribution >= 0.6 is 11.8 Å². The van der Waals surface area contributed by atoms with Crippen molar-refractivity contribution in [2.75, 3.05) is 18.5 Å². The number of pyridine rings is 1. The molecule has 0 spiro atoms. The Morgan fingerprint density at radius 1 is 1.29 bits per heavy atom. The van der Waals surface area contributed by atoms with Crippen molar-refractivity contribution < 1.29 is 4.74 Å². The fourth-order valence-electron chi connectivity index (χ4n) is 2.44. The van der Waals surface area contributed by atoms with Crippen LogP contribution in [0.25, 0.3) is 0 Å². The number of fused-ring (bicyclic) bond motifs is 1. The van der Waals surface area contributed by atoms with Crippen molar-refractivity contribution in [1.29, 1.82) is 0 Å². The van der Waals surface area contributed by atoms with Gasteiger partial charge in [0.15, 0.2) is 11.6 Å². The van der Waals surface area contributed by atoms with Crippen molar-refractivity contribution in [3.05, 3.63) is 12.3 Å². The monoisotopic (exact) mass is 250 g/mol. The second kappa shape index (κ2) is 5.17. The van der Waals surface area contributed by atoms with Crippen LogP contribution in [0.4, 0.5) is 5.82 Å². The highest BCUT2D eigenvalue weighted by Crippen LogP contribution is 2.36. The normalized spacial score (nSPS) is 20.2. The first-order valence-corrected chi connectivity index (χ1v) is 7.33. The second-order valence-corrected chi connectivity index (χ2v) is 6.04. The highest BCUT2D eigenvalue weighted by Gasteiger charge is 2.17. The van der Waals surface area contributed by atoms with Crippen molar-refractivity contribution >= 4 is 17.6 Å². The zero-order chi connectivity index (χ0) is 11.5. The van der Waals surface area contributed by atoms with Crippen LogP contribution in [0.15, 0.2) is 17.2 Å². The quantitative estimate of drug-likeness (QED) is 0.873. The minimum atomic E-state index is 0.742. The van der Waals surface area contributed by atoms with Crippen molar-refractivity contribution in [1.82, 2.24) is 4.98 Å². The van der Waals surface area contributed by atoms with Crippen molar-refractivity contribution in [3.63, 3.8) is 0 Å². The molecule has 0 unspecified atom stereocenters. The topological polar surface area (TPSA) is 34.1 Å². The van der Waals surface area contributed by atoms with Crippen LogP contribution in [-0.2, 0) is 0 Å². The molecule has 4 heteroatoms. The number of thioether (sulfide) groups is 1. The number of ether oxygens (including phenoxy) is 1. The molecule has 17 heavy (non-hydrogen) atoms. The Bertz CT molecular complexity index is 391. The maximum Gasteiger partial charge on any atom is 0.168 e. The molecule has 0 saturated heterocycles. The summed E-state index contributed by atoms with van der Waals surface area (Å²) in [4.78, 5) is 5.68. The molecule has 1 aliphatic carbocycles. The van der Waals surface area contributed by atoms with E-state index >= 15 is 0 Å². The molecule has 1 N–H and O–H groups in total. The van der Waals surface area contributed by atoms with Crippen LogP contribution in [-0.4, -0.2) is 23.4 Å². The maximum atomic E-state index is 5.61. The van der Waals surface area contributed by atoms with E-state index in [9.17, 15) is 0 Å². The fraction of sp³-hybridized carbons (Fsp3) is 0.615. The van der Waals surface area contributed by atoms with E-state index in [1.165, 1.54) is 37.0 Å². The Kier molecular flexibility index (Phi) is 3.41. The molecule has 2 aliphatic rings. The zero-order valence-electron chi connectivity index (χ0n) is 9.95. The third-order valence-corrected chi connectivity index (χ3v) is 4.63. The van der Waals surface area contributed by atoms with Crippen molar-refractivity contribution in [2.45, 2.75) is 42.2 Å². The SMILES string of the molecule is c1nc2c(cc1SC1CCCCC1)OCCN2. The van der Waals surface area contributed by atoms with Gasteiger partial charge in [0.25, 0.3) is 0 Å². The number of anilines is 1. The van der Waals surface area contributed by atoms with Gasteiger partial charge in [0.05, 0.1) is 6.54 Å². The van der Waals surface area contributed by atoms with Gasteiger partial charge in [-0.1, -0.05) is 19.3 Å². The van der Waals surface area contributed by atoms with Gasteiger partial charge in [-0.2, -0.15) is 0 Å². The average molecular weight is 250 g/mol. The van der Waals surface area contributed by atoms with Crippen LogP contribution in [0.3, 0.4) is 0 Å². The van der Waals surface area contributed by atoms with Gasteiger partial charge in [-0.25, -0.2) is 4.98 Å². The molecule has 1 aromatic heterocycles. The van der Waals surface area contributed by atoms with E-state index in [0.717, 1.165) is 30.0 Å². The summed E-state index contributed by atoms with van der Waals surface area (Å²) in [7, 11) is 0. The lowest BCUT2D eigenvalue weighted by molar-refractivity contribution is 0.320. The first-order chi connectivity index (χ1) is 8.42.